The van der Waals surface area contributed by atoms with Gasteiger partial charge in [-0.3, -0.25) is 10.1 Å². The highest BCUT2D eigenvalue weighted by molar-refractivity contribution is 9.10. The second-order valence-electron chi connectivity index (χ2n) is 4.07. The van der Waals surface area contributed by atoms with E-state index in [-0.39, 0.29) is 18.3 Å². The van der Waals surface area contributed by atoms with E-state index in [4.69, 9.17) is 4.74 Å². The van der Waals surface area contributed by atoms with Gasteiger partial charge >= 0.3 is 0 Å². The fourth-order valence-corrected chi connectivity index (χ4v) is 2.58. The van der Waals surface area contributed by atoms with Crippen molar-refractivity contribution in [3.63, 3.8) is 0 Å². The normalized spacial score (nSPS) is 10.4. The summed E-state index contributed by atoms with van der Waals surface area (Å²) < 4.78 is 19.2. The standard InChI is InChI=1S/C13H12BrFN2O2S/c1-7-8(2)20-13(16-7)17-12(18)6-19-11-4-3-9(14)5-10(11)15/h3-5H,6H2,1-2H3,(H,16,17,18). The van der Waals surface area contributed by atoms with Crippen LogP contribution in [0.3, 0.4) is 0 Å². The predicted octanol–water partition coefficient (Wildman–Crippen LogP) is 3.68. The van der Waals surface area contributed by atoms with E-state index in [9.17, 15) is 9.18 Å². The third kappa shape index (κ3) is 3.77. The van der Waals surface area contributed by atoms with Crippen LogP contribution in [0.2, 0.25) is 0 Å². The summed E-state index contributed by atoms with van der Waals surface area (Å²) in [5.41, 5.74) is 0.880. The molecule has 1 N–H and O–H groups in total. The van der Waals surface area contributed by atoms with Gasteiger partial charge in [0, 0.05) is 9.35 Å². The van der Waals surface area contributed by atoms with Crippen molar-refractivity contribution in [1.29, 1.82) is 0 Å². The SMILES string of the molecule is Cc1nc(NC(=O)COc2ccc(Br)cc2F)sc1C. The van der Waals surface area contributed by atoms with Crippen molar-refractivity contribution in [2.24, 2.45) is 0 Å². The number of halogens is 2. The quantitative estimate of drug-likeness (QED) is 0.906. The zero-order chi connectivity index (χ0) is 14.7. The molecule has 20 heavy (non-hydrogen) atoms. The fraction of sp³-hybridized carbons (Fsp3) is 0.231. The third-order valence-corrected chi connectivity index (χ3v) is 4.01. The van der Waals surface area contributed by atoms with E-state index in [1.54, 1.807) is 6.07 Å². The number of aryl methyl sites for hydroxylation is 2. The molecule has 1 amide bonds. The molecular weight excluding hydrogens is 347 g/mol. The summed E-state index contributed by atoms with van der Waals surface area (Å²) in [6, 6.07) is 4.38. The number of aromatic nitrogens is 1. The molecule has 106 valence electrons. The lowest BCUT2D eigenvalue weighted by Gasteiger charge is -2.06. The predicted molar refractivity (Wildman–Crippen MR) is 79.8 cm³/mol. The van der Waals surface area contributed by atoms with Crippen molar-refractivity contribution >= 4 is 38.3 Å². The molecule has 2 rings (SSSR count). The Hall–Kier alpha value is -1.47. The van der Waals surface area contributed by atoms with E-state index in [0.29, 0.717) is 9.60 Å². The lowest BCUT2D eigenvalue weighted by atomic mass is 10.3. The number of nitrogens with one attached hydrogen (secondary N) is 1. The molecule has 0 fully saturated rings. The van der Waals surface area contributed by atoms with Gasteiger partial charge in [-0.05, 0) is 32.0 Å². The smallest absolute Gasteiger partial charge is 0.264 e. The number of amides is 1. The van der Waals surface area contributed by atoms with Gasteiger partial charge in [0.15, 0.2) is 23.3 Å². The zero-order valence-corrected chi connectivity index (χ0v) is 13.3. The van der Waals surface area contributed by atoms with Crippen molar-refractivity contribution in [3.8, 4) is 5.75 Å². The van der Waals surface area contributed by atoms with Crippen LogP contribution in [0.5, 0.6) is 5.75 Å². The van der Waals surface area contributed by atoms with Crippen LogP contribution >= 0.6 is 27.3 Å². The van der Waals surface area contributed by atoms with Gasteiger partial charge < -0.3 is 4.74 Å². The van der Waals surface area contributed by atoms with Crippen molar-refractivity contribution in [1.82, 2.24) is 4.98 Å². The second-order valence-corrected chi connectivity index (χ2v) is 6.19. The van der Waals surface area contributed by atoms with Crippen molar-refractivity contribution in [3.05, 3.63) is 39.1 Å². The minimum absolute atomic E-state index is 0.0369. The van der Waals surface area contributed by atoms with E-state index in [0.717, 1.165) is 10.6 Å². The number of hydrogen-bond donors (Lipinski definition) is 1. The van der Waals surface area contributed by atoms with Gasteiger partial charge in [0.2, 0.25) is 0 Å². The molecule has 0 unspecified atom stereocenters. The molecular formula is C13H12BrFN2O2S. The first-order valence-electron chi connectivity index (χ1n) is 5.77. The number of thiazole rings is 1. The first-order chi connectivity index (χ1) is 9.45. The van der Waals surface area contributed by atoms with Crippen LogP contribution in [0.25, 0.3) is 0 Å². The molecule has 2 aromatic rings. The van der Waals surface area contributed by atoms with E-state index in [1.807, 2.05) is 13.8 Å². The lowest BCUT2D eigenvalue weighted by Crippen LogP contribution is -2.20. The number of carbonyl (C=O) groups excluding carboxylic acids is 1. The number of rotatable bonds is 4. The molecule has 0 bridgehead atoms. The zero-order valence-electron chi connectivity index (χ0n) is 10.9. The Bertz CT molecular complexity index is 626. The van der Waals surface area contributed by atoms with Gasteiger partial charge in [-0.25, -0.2) is 9.37 Å². The van der Waals surface area contributed by atoms with E-state index >= 15 is 0 Å². The third-order valence-electron chi connectivity index (χ3n) is 2.53. The van der Waals surface area contributed by atoms with Crippen LogP contribution in [0.1, 0.15) is 10.6 Å². The minimum atomic E-state index is -0.520. The summed E-state index contributed by atoms with van der Waals surface area (Å²) in [4.78, 5) is 16.9. The molecule has 1 aromatic heterocycles. The first-order valence-corrected chi connectivity index (χ1v) is 7.38. The maximum atomic E-state index is 13.5. The molecule has 0 aliphatic heterocycles. The molecule has 0 radical (unpaired) electrons. The highest BCUT2D eigenvalue weighted by Crippen LogP contribution is 2.22. The summed E-state index contributed by atoms with van der Waals surface area (Å²) >= 11 is 4.54. The Balaban J connectivity index is 1.92. The van der Waals surface area contributed by atoms with Crippen LogP contribution in [-0.4, -0.2) is 17.5 Å². The van der Waals surface area contributed by atoms with Gasteiger partial charge in [-0.15, -0.1) is 11.3 Å². The number of hydrogen-bond acceptors (Lipinski definition) is 4. The van der Waals surface area contributed by atoms with Crippen LogP contribution in [-0.2, 0) is 4.79 Å². The van der Waals surface area contributed by atoms with E-state index < -0.39 is 5.82 Å². The number of ether oxygens (including phenoxy) is 1. The molecule has 7 heteroatoms. The highest BCUT2D eigenvalue weighted by atomic mass is 79.9. The molecule has 0 saturated carbocycles. The molecule has 0 aliphatic rings. The summed E-state index contributed by atoms with van der Waals surface area (Å²) in [5.74, 6) is -0.857. The number of benzene rings is 1. The second kappa shape index (κ2) is 6.32. The Morgan fingerprint density at radius 2 is 2.25 bits per heavy atom. The Labute approximate surface area is 128 Å². The maximum absolute atomic E-state index is 13.5. The Morgan fingerprint density at radius 3 is 2.85 bits per heavy atom. The van der Waals surface area contributed by atoms with Gasteiger partial charge in [0.25, 0.3) is 5.91 Å². The van der Waals surface area contributed by atoms with E-state index in [1.165, 1.54) is 23.5 Å². The summed E-state index contributed by atoms with van der Waals surface area (Å²) in [6.07, 6.45) is 0. The largest absolute Gasteiger partial charge is 0.481 e. The fourth-order valence-electron chi connectivity index (χ4n) is 1.42. The van der Waals surface area contributed by atoms with Crippen LogP contribution in [0.15, 0.2) is 22.7 Å². The summed E-state index contributed by atoms with van der Waals surface area (Å²) in [7, 11) is 0. The first kappa shape index (κ1) is 14.9. The molecule has 0 aliphatic carbocycles. The van der Waals surface area contributed by atoms with Gasteiger partial charge in [0.1, 0.15) is 0 Å². The monoisotopic (exact) mass is 358 g/mol. The van der Waals surface area contributed by atoms with Crippen molar-refractivity contribution in [2.45, 2.75) is 13.8 Å². The summed E-state index contributed by atoms with van der Waals surface area (Å²) in [6.45, 7) is 3.53. The molecule has 1 heterocycles. The lowest BCUT2D eigenvalue weighted by molar-refractivity contribution is -0.118. The molecule has 0 saturated heterocycles. The molecule has 1 aromatic carbocycles. The number of nitrogens with zero attached hydrogens (tertiary/aromatic N) is 1. The number of carbonyl (C=O) groups is 1. The van der Waals surface area contributed by atoms with Gasteiger partial charge in [-0.1, -0.05) is 15.9 Å². The highest BCUT2D eigenvalue weighted by Gasteiger charge is 2.10. The van der Waals surface area contributed by atoms with Crippen LogP contribution < -0.4 is 10.1 Å². The average molecular weight is 359 g/mol. The average Bonchev–Trinajstić information content (AvgIpc) is 2.67. The van der Waals surface area contributed by atoms with Crippen LogP contribution in [0.4, 0.5) is 9.52 Å². The van der Waals surface area contributed by atoms with E-state index in [2.05, 4.69) is 26.2 Å². The molecule has 0 spiro atoms. The number of anilines is 1. The van der Waals surface area contributed by atoms with Crippen molar-refractivity contribution < 1.29 is 13.9 Å². The van der Waals surface area contributed by atoms with Gasteiger partial charge in [0.05, 0.1) is 5.69 Å². The molecule has 4 nitrogen and oxygen atoms in total. The van der Waals surface area contributed by atoms with Crippen molar-refractivity contribution in [2.75, 3.05) is 11.9 Å². The summed E-state index contributed by atoms with van der Waals surface area (Å²) in [5, 5.41) is 3.13. The molecule has 0 atom stereocenters. The maximum Gasteiger partial charge on any atom is 0.264 e. The Kier molecular flexibility index (Phi) is 4.72. The minimum Gasteiger partial charge on any atom is -0.481 e. The Morgan fingerprint density at radius 1 is 1.50 bits per heavy atom. The topological polar surface area (TPSA) is 51.2 Å². The van der Waals surface area contributed by atoms with Gasteiger partial charge in [-0.2, -0.15) is 0 Å². The van der Waals surface area contributed by atoms with Crippen LogP contribution in [0, 0.1) is 19.7 Å².